The smallest absolute Gasteiger partial charge is 0.127 e. The molecule has 0 fully saturated rings. The van der Waals surface area contributed by atoms with Crippen LogP contribution in [0.15, 0.2) is 91.0 Å². The monoisotopic (exact) mass is 602 g/mol. The first-order valence-corrected chi connectivity index (χ1v) is 15.0. The largest absolute Gasteiger partial charge is 0.497 e. The normalized spacial score (nSPS) is 12.1. The molecule has 0 spiro atoms. The predicted molar refractivity (Wildman–Crippen MR) is 187 cm³/mol. The minimum atomic E-state index is 0.702. The first-order valence-electron chi connectivity index (χ1n) is 15.0. The Kier molecular flexibility index (Phi) is 6.64. The Labute approximate surface area is 265 Å². The maximum Gasteiger partial charge on any atom is 0.127 e. The molecule has 6 aromatic rings. The van der Waals surface area contributed by atoms with E-state index in [0.29, 0.717) is 11.5 Å². The Morgan fingerprint density at radius 2 is 1.13 bits per heavy atom. The Hall–Kier alpha value is -6.08. The van der Waals surface area contributed by atoms with Crippen molar-refractivity contribution in [2.45, 2.75) is 0 Å². The third kappa shape index (κ3) is 4.79. The molecule has 7 heteroatoms. The van der Waals surface area contributed by atoms with E-state index in [-0.39, 0.29) is 0 Å². The molecule has 46 heavy (non-hydrogen) atoms. The number of ether oxygens (including phenoxy) is 3. The highest BCUT2D eigenvalue weighted by Gasteiger charge is 2.18. The molecule has 0 saturated carbocycles. The van der Waals surface area contributed by atoms with Crippen LogP contribution in [0.3, 0.4) is 0 Å². The zero-order valence-corrected chi connectivity index (χ0v) is 25.6. The number of methoxy groups -OCH3 is 3. The van der Waals surface area contributed by atoms with Crippen molar-refractivity contribution in [3.05, 3.63) is 114 Å². The van der Waals surface area contributed by atoms with Gasteiger partial charge in [-0.2, -0.15) is 0 Å². The molecule has 0 aliphatic carbocycles. The Morgan fingerprint density at radius 3 is 1.76 bits per heavy atom. The van der Waals surface area contributed by atoms with E-state index in [1.165, 1.54) is 0 Å². The van der Waals surface area contributed by atoms with Crippen molar-refractivity contribution in [3.8, 4) is 39.5 Å². The van der Waals surface area contributed by atoms with Crippen LogP contribution in [0.2, 0.25) is 0 Å². The van der Waals surface area contributed by atoms with Crippen molar-refractivity contribution in [2.24, 2.45) is 0 Å². The molecule has 0 atom stereocenters. The fraction of sp³-hybridized carbons (Fsp3) is 0.0769. The molecule has 3 aromatic heterocycles. The Balaban J connectivity index is 1.46. The quantitative estimate of drug-likeness (QED) is 0.205. The molecule has 224 valence electrons. The highest BCUT2D eigenvalue weighted by atomic mass is 16.5. The van der Waals surface area contributed by atoms with E-state index in [1.54, 1.807) is 21.3 Å². The summed E-state index contributed by atoms with van der Waals surface area (Å²) in [6.45, 7) is 0. The van der Waals surface area contributed by atoms with Gasteiger partial charge < -0.3 is 24.2 Å². The summed E-state index contributed by atoms with van der Waals surface area (Å²) >= 11 is 0. The lowest BCUT2D eigenvalue weighted by molar-refractivity contribution is 0.394. The van der Waals surface area contributed by atoms with Crippen LogP contribution in [-0.2, 0) is 0 Å². The second kappa shape index (κ2) is 11.1. The van der Waals surface area contributed by atoms with Crippen LogP contribution in [0, 0.1) is 0 Å². The van der Waals surface area contributed by atoms with Crippen LogP contribution in [-0.4, -0.2) is 41.3 Å². The SMILES string of the molecule is COc1cc(OC)cc(-c2c3nc(cc4ccc([nH]4)c(-c4c(OC)ccc5ccccc45)c4nc(cc5ccc2[nH]5)C=C4)C=C3)c1. The number of hydrogen-bond acceptors (Lipinski definition) is 5. The lowest BCUT2D eigenvalue weighted by atomic mass is 9.96. The van der Waals surface area contributed by atoms with Gasteiger partial charge in [-0.25, -0.2) is 9.97 Å². The number of H-pyrrole nitrogens is 2. The lowest BCUT2D eigenvalue weighted by Gasteiger charge is -2.13. The van der Waals surface area contributed by atoms with Gasteiger partial charge in [0, 0.05) is 44.8 Å². The number of nitrogens with one attached hydrogen (secondary N) is 2. The number of aromatic nitrogens is 4. The summed E-state index contributed by atoms with van der Waals surface area (Å²) in [6.07, 6.45) is 8.19. The van der Waals surface area contributed by atoms with Crippen LogP contribution < -0.4 is 14.2 Å². The molecule has 5 heterocycles. The number of aromatic amines is 2. The third-order valence-electron chi connectivity index (χ3n) is 8.40. The Bertz CT molecular complexity index is 2370. The predicted octanol–water partition coefficient (Wildman–Crippen LogP) is 9.17. The van der Waals surface area contributed by atoms with Gasteiger partial charge in [0.2, 0.25) is 0 Å². The van der Waals surface area contributed by atoms with Gasteiger partial charge in [-0.3, -0.25) is 0 Å². The van der Waals surface area contributed by atoms with Gasteiger partial charge in [0.15, 0.2) is 0 Å². The number of hydrogen-bond donors (Lipinski definition) is 2. The fourth-order valence-corrected chi connectivity index (χ4v) is 6.27. The summed E-state index contributed by atoms with van der Waals surface area (Å²) in [7, 11) is 5.02. The molecule has 3 aromatic carbocycles. The minimum absolute atomic E-state index is 0.702. The van der Waals surface area contributed by atoms with Crippen molar-refractivity contribution in [1.82, 2.24) is 19.9 Å². The molecule has 0 saturated heterocycles. The van der Waals surface area contributed by atoms with E-state index in [2.05, 4.69) is 82.8 Å². The first kappa shape index (κ1) is 27.5. The topological polar surface area (TPSA) is 85.1 Å². The van der Waals surface area contributed by atoms with E-state index < -0.39 is 0 Å². The molecule has 0 amide bonds. The number of benzene rings is 3. The summed E-state index contributed by atoms with van der Waals surface area (Å²) in [6, 6.07) is 30.8. The molecule has 0 unspecified atom stereocenters. The van der Waals surface area contributed by atoms with Crippen molar-refractivity contribution in [2.75, 3.05) is 21.3 Å². The average Bonchev–Trinajstić information content (AvgIpc) is 3.92. The molecule has 2 aliphatic heterocycles. The van der Waals surface area contributed by atoms with Crippen LogP contribution >= 0.6 is 0 Å². The van der Waals surface area contributed by atoms with Crippen molar-refractivity contribution < 1.29 is 14.2 Å². The second-order valence-electron chi connectivity index (χ2n) is 11.2. The molecule has 8 bridgehead atoms. The maximum atomic E-state index is 5.95. The summed E-state index contributed by atoms with van der Waals surface area (Å²) in [5.41, 5.74) is 10.9. The highest BCUT2D eigenvalue weighted by Crippen LogP contribution is 2.41. The van der Waals surface area contributed by atoms with Gasteiger partial charge in [-0.05, 0) is 95.2 Å². The zero-order chi connectivity index (χ0) is 31.2. The van der Waals surface area contributed by atoms with E-state index in [0.717, 1.165) is 83.6 Å². The molecular weight excluding hydrogens is 572 g/mol. The van der Waals surface area contributed by atoms with Crippen LogP contribution in [0.1, 0.15) is 22.8 Å². The number of rotatable bonds is 5. The van der Waals surface area contributed by atoms with Crippen molar-refractivity contribution >= 4 is 57.1 Å². The van der Waals surface area contributed by atoms with Crippen LogP contribution in [0.5, 0.6) is 17.2 Å². The second-order valence-corrected chi connectivity index (χ2v) is 11.2. The van der Waals surface area contributed by atoms with Crippen molar-refractivity contribution in [1.29, 1.82) is 0 Å². The van der Waals surface area contributed by atoms with Gasteiger partial charge in [0.25, 0.3) is 0 Å². The van der Waals surface area contributed by atoms with E-state index in [1.807, 2.05) is 42.5 Å². The minimum Gasteiger partial charge on any atom is -0.497 e. The lowest BCUT2D eigenvalue weighted by Crippen LogP contribution is -1.93. The van der Waals surface area contributed by atoms with Gasteiger partial charge in [-0.1, -0.05) is 30.3 Å². The molecule has 7 nitrogen and oxygen atoms in total. The maximum absolute atomic E-state index is 5.95. The van der Waals surface area contributed by atoms with Crippen molar-refractivity contribution in [3.63, 3.8) is 0 Å². The standard InChI is InChI=1S/C39H30N4O3/c1-44-29-18-24(19-30(22-29)45-2)37-32-13-9-25(40-32)20-27-11-15-34(42-27)39(35-16-12-28(43-35)21-26-10-14-33(37)41-26)38-31-7-5-4-6-23(31)8-17-36(38)46-3/h4-22,40,43H,1-3H3. The van der Waals surface area contributed by atoms with E-state index >= 15 is 0 Å². The molecule has 2 aliphatic rings. The summed E-state index contributed by atoms with van der Waals surface area (Å²) in [5, 5.41) is 2.22. The van der Waals surface area contributed by atoms with Crippen LogP contribution in [0.4, 0.5) is 0 Å². The first-order chi connectivity index (χ1) is 22.6. The fourth-order valence-electron chi connectivity index (χ4n) is 6.27. The molecular formula is C39H30N4O3. The Morgan fingerprint density at radius 1 is 0.522 bits per heavy atom. The summed E-state index contributed by atoms with van der Waals surface area (Å²) < 4.78 is 17.2. The van der Waals surface area contributed by atoms with Gasteiger partial charge in [0.1, 0.15) is 17.2 Å². The van der Waals surface area contributed by atoms with Crippen LogP contribution in [0.25, 0.3) is 79.4 Å². The third-order valence-corrected chi connectivity index (χ3v) is 8.40. The average molecular weight is 603 g/mol. The van der Waals surface area contributed by atoms with E-state index in [9.17, 15) is 0 Å². The molecule has 2 N–H and O–H groups in total. The van der Waals surface area contributed by atoms with Gasteiger partial charge in [-0.15, -0.1) is 0 Å². The zero-order valence-electron chi connectivity index (χ0n) is 25.6. The molecule has 0 radical (unpaired) electrons. The highest BCUT2D eigenvalue weighted by molar-refractivity contribution is 6.06. The van der Waals surface area contributed by atoms with Gasteiger partial charge in [0.05, 0.1) is 44.1 Å². The summed E-state index contributed by atoms with van der Waals surface area (Å²) in [4.78, 5) is 17.5. The molecule has 8 rings (SSSR count). The number of nitrogens with zero attached hydrogens (tertiary/aromatic N) is 2. The summed E-state index contributed by atoms with van der Waals surface area (Å²) in [5.74, 6) is 2.19. The number of fused-ring (bicyclic) bond motifs is 9. The van der Waals surface area contributed by atoms with Gasteiger partial charge >= 0.3 is 0 Å². The van der Waals surface area contributed by atoms with E-state index in [4.69, 9.17) is 24.2 Å².